The highest BCUT2D eigenvalue weighted by Gasteiger charge is 2.31. The van der Waals surface area contributed by atoms with E-state index in [2.05, 4.69) is 10.1 Å². The predicted octanol–water partition coefficient (Wildman–Crippen LogP) is 2.94. The van der Waals surface area contributed by atoms with Crippen LogP contribution in [0.1, 0.15) is 53.5 Å². The summed E-state index contributed by atoms with van der Waals surface area (Å²) < 4.78 is 11.2. The first-order valence-corrected chi connectivity index (χ1v) is 8.55. The van der Waals surface area contributed by atoms with E-state index in [1.807, 2.05) is 30.0 Å². The Kier molecular flexibility index (Phi) is 3.96. The summed E-state index contributed by atoms with van der Waals surface area (Å²) in [6, 6.07) is 7.57. The summed E-state index contributed by atoms with van der Waals surface area (Å²) in [5.41, 5.74) is 1.37. The lowest BCUT2D eigenvalue weighted by molar-refractivity contribution is 0.0578. The van der Waals surface area contributed by atoms with Gasteiger partial charge in [0, 0.05) is 49.7 Å². The highest BCUT2D eigenvalue weighted by Crippen LogP contribution is 2.40. The molecule has 4 rings (SSSR count). The van der Waals surface area contributed by atoms with E-state index in [4.69, 9.17) is 9.26 Å². The Labute approximate surface area is 140 Å². The van der Waals surface area contributed by atoms with Gasteiger partial charge in [0.1, 0.15) is 11.9 Å². The van der Waals surface area contributed by atoms with E-state index in [0.29, 0.717) is 30.6 Å². The van der Waals surface area contributed by atoms with Gasteiger partial charge < -0.3 is 14.2 Å². The normalized spacial score (nSPS) is 18.6. The Morgan fingerprint density at radius 1 is 1.25 bits per heavy atom. The zero-order valence-corrected chi connectivity index (χ0v) is 13.8. The van der Waals surface area contributed by atoms with Gasteiger partial charge >= 0.3 is 0 Å². The molecule has 0 aromatic carbocycles. The van der Waals surface area contributed by atoms with Gasteiger partial charge in [0.2, 0.25) is 5.88 Å². The molecule has 0 atom stereocenters. The summed E-state index contributed by atoms with van der Waals surface area (Å²) in [6.07, 6.45) is 3.98. The van der Waals surface area contributed by atoms with Crippen molar-refractivity contribution in [3.8, 4) is 5.88 Å². The van der Waals surface area contributed by atoms with E-state index >= 15 is 0 Å². The van der Waals surface area contributed by atoms with E-state index in [1.54, 1.807) is 6.07 Å². The Balaban J connectivity index is 1.32. The zero-order chi connectivity index (χ0) is 16.5. The van der Waals surface area contributed by atoms with Crippen molar-refractivity contribution in [2.24, 2.45) is 0 Å². The van der Waals surface area contributed by atoms with Gasteiger partial charge in [0.05, 0.1) is 0 Å². The minimum atomic E-state index is -0.0437. The fraction of sp³-hybridized carbons (Fsp3) is 0.500. The predicted molar refractivity (Wildman–Crippen MR) is 87.0 cm³/mol. The number of carbonyl (C=O) groups excluding carboxylic acids is 1. The van der Waals surface area contributed by atoms with Gasteiger partial charge in [-0.3, -0.25) is 4.79 Å². The first-order valence-electron chi connectivity index (χ1n) is 8.55. The quantitative estimate of drug-likeness (QED) is 0.863. The van der Waals surface area contributed by atoms with Crippen molar-refractivity contribution in [1.82, 2.24) is 15.0 Å². The standard InChI is InChI=1S/C18H21N3O3/c1-12-3-2-4-17(19-12)23-14-7-9-21(10-8-14)18(22)15-11-16(24-20-15)13-5-6-13/h2-4,11,13-14H,5-10H2,1H3. The summed E-state index contributed by atoms with van der Waals surface area (Å²) in [5, 5.41) is 3.94. The van der Waals surface area contributed by atoms with Crippen LogP contribution in [0.15, 0.2) is 28.8 Å². The molecule has 24 heavy (non-hydrogen) atoms. The number of carbonyl (C=O) groups is 1. The molecule has 0 radical (unpaired) electrons. The first-order chi connectivity index (χ1) is 11.7. The average Bonchev–Trinajstić information content (AvgIpc) is 3.32. The summed E-state index contributed by atoms with van der Waals surface area (Å²) in [7, 11) is 0. The molecule has 2 aromatic heterocycles. The van der Waals surface area contributed by atoms with Gasteiger partial charge in [-0.15, -0.1) is 0 Å². The van der Waals surface area contributed by atoms with Gasteiger partial charge in [-0.2, -0.15) is 0 Å². The van der Waals surface area contributed by atoms with Crippen LogP contribution in [0, 0.1) is 6.92 Å². The lowest BCUT2D eigenvalue weighted by Gasteiger charge is -2.31. The van der Waals surface area contributed by atoms with Crippen LogP contribution in [-0.2, 0) is 0 Å². The molecule has 2 aliphatic rings. The minimum absolute atomic E-state index is 0.0437. The number of rotatable bonds is 4. The molecule has 6 heteroatoms. The fourth-order valence-corrected chi connectivity index (χ4v) is 3.04. The van der Waals surface area contributed by atoms with Crippen molar-refractivity contribution in [2.45, 2.75) is 44.6 Å². The number of hydrogen-bond donors (Lipinski definition) is 0. The van der Waals surface area contributed by atoms with Crippen molar-refractivity contribution in [3.05, 3.63) is 41.4 Å². The number of pyridine rings is 1. The van der Waals surface area contributed by atoms with Crippen LogP contribution in [0.3, 0.4) is 0 Å². The van der Waals surface area contributed by atoms with Gasteiger partial charge in [-0.05, 0) is 25.8 Å². The number of ether oxygens (including phenoxy) is 1. The Morgan fingerprint density at radius 2 is 2.04 bits per heavy atom. The van der Waals surface area contributed by atoms with Crippen molar-refractivity contribution >= 4 is 5.91 Å². The molecule has 0 unspecified atom stereocenters. The minimum Gasteiger partial charge on any atom is -0.474 e. The van der Waals surface area contributed by atoms with Crippen molar-refractivity contribution < 1.29 is 14.1 Å². The third-order valence-electron chi connectivity index (χ3n) is 4.61. The summed E-state index contributed by atoms with van der Waals surface area (Å²) >= 11 is 0. The van der Waals surface area contributed by atoms with Crippen molar-refractivity contribution in [3.63, 3.8) is 0 Å². The second-order valence-corrected chi connectivity index (χ2v) is 6.62. The van der Waals surface area contributed by atoms with Crippen LogP contribution in [0.25, 0.3) is 0 Å². The van der Waals surface area contributed by atoms with Gasteiger partial charge in [0.25, 0.3) is 5.91 Å². The number of piperidine rings is 1. The number of likely N-dealkylation sites (tertiary alicyclic amines) is 1. The maximum absolute atomic E-state index is 12.5. The smallest absolute Gasteiger partial charge is 0.276 e. The lowest BCUT2D eigenvalue weighted by atomic mass is 10.1. The number of aromatic nitrogens is 2. The number of amides is 1. The molecule has 6 nitrogen and oxygen atoms in total. The van der Waals surface area contributed by atoms with Crippen molar-refractivity contribution in [1.29, 1.82) is 0 Å². The highest BCUT2D eigenvalue weighted by molar-refractivity contribution is 5.92. The molecule has 1 amide bonds. The van der Waals surface area contributed by atoms with Crippen LogP contribution in [0.4, 0.5) is 0 Å². The van der Waals surface area contributed by atoms with Crippen LogP contribution in [-0.4, -0.2) is 40.1 Å². The van der Waals surface area contributed by atoms with Crippen LogP contribution >= 0.6 is 0 Å². The summed E-state index contributed by atoms with van der Waals surface area (Å²) in [5.74, 6) is 1.94. The SMILES string of the molecule is Cc1cccc(OC2CCN(C(=O)c3cc(C4CC4)on3)CC2)n1. The van der Waals surface area contributed by atoms with Gasteiger partial charge in [-0.25, -0.2) is 4.98 Å². The molecular formula is C18H21N3O3. The van der Waals surface area contributed by atoms with Crippen molar-refractivity contribution in [2.75, 3.05) is 13.1 Å². The zero-order valence-electron chi connectivity index (χ0n) is 13.8. The third kappa shape index (κ3) is 3.27. The van der Waals surface area contributed by atoms with Crippen LogP contribution < -0.4 is 4.74 Å². The Bertz CT molecular complexity index is 731. The van der Waals surface area contributed by atoms with E-state index in [-0.39, 0.29) is 12.0 Å². The molecule has 0 spiro atoms. The molecule has 1 aliphatic heterocycles. The molecule has 0 N–H and O–H groups in total. The molecule has 2 fully saturated rings. The third-order valence-corrected chi connectivity index (χ3v) is 4.61. The monoisotopic (exact) mass is 327 g/mol. The fourth-order valence-electron chi connectivity index (χ4n) is 3.04. The van der Waals surface area contributed by atoms with Crippen LogP contribution in [0.5, 0.6) is 5.88 Å². The summed E-state index contributed by atoms with van der Waals surface area (Å²) in [4.78, 5) is 18.7. The first kappa shape index (κ1) is 15.2. The molecule has 126 valence electrons. The topological polar surface area (TPSA) is 68.5 Å². The number of nitrogens with zero attached hydrogens (tertiary/aromatic N) is 3. The van der Waals surface area contributed by atoms with E-state index in [0.717, 1.165) is 37.1 Å². The largest absolute Gasteiger partial charge is 0.474 e. The van der Waals surface area contributed by atoms with Gasteiger partial charge in [-0.1, -0.05) is 11.2 Å². The molecule has 1 saturated heterocycles. The molecular weight excluding hydrogens is 306 g/mol. The highest BCUT2D eigenvalue weighted by atomic mass is 16.5. The second kappa shape index (κ2) is 6.26. The van der Waals surface area contributed by atoms with E-state index in [1.165, 1.54) is 0 Å². The maximum Gasteiger partial charge on any atom is 0.276 e. The summed E-state index contributed by atoms with van der Waals surface area (Å²) in [6.45, 7) is 3.28. The van der Waals surface area contributed by atoms with Gasteiger partial charge in [0.15, 0.2) is 5.69 Å². The Morgan fingerprint density at radius 3 is 2.75 bits per heavy atom. The molecule has 1 aliphatic carbocycles. The van der Waals surface area contributed by atoms with E-state index in [9.17, 15) is 4.79 Å². The molecule has 0 bridgehead atoms. The molecule has 2 aromatic rings. The Hall–Kier alpha value is -2.37. The number of hydrogen-bond acceptors (Lipinski definition) is 5. The molecule has 3 heterocycles. The number of aryl methyl sites for hydroxylation is 1. The van der Waals surface area contributed by atoms with Crippen LogP contribution in [0.2, 0.25) is 0 Å². The molecule has 1 saturated carbocycles. The van der Waals surface area contributed by atoms with E-state index < -0.39 is 0 Å². The lowest BCUT2D eigenvalue weighted by Crippen LogP contribution is -2.42. The second-order valence-electron chi connectivity index (χ2n) is 6.62. The average molecular weight is 327 g/mol. The maximum atomic E-state index is 12.5.